The summed E-state index contributed by atoms with van der Waals surface area (Å²) < 4.78 is 10.5. The molecule has 0 aliphatic heterocycles. The zero-order chi connectivity index (χ0) is 18.6. The smallest absolute Gasteiger partial charge is 0.270 e. The molecular formula is C20H15N3O3S. The molecule has 0 aliphatic carbocycles. The Labute approximate surface area is 159 Å². The number of rotatable bonds is 5. The molecule has 2 heterocycles. The molecule has 2 aromatic carbocycles. The van der Waals surface area contributed by atoms with E-state index in [2.05, 4.69) is 15.5 Å². The first-order chi connectivity index (χ1) is 13.2. The number of carbonyl (C=O) groups is 1. The predicted octanol–water partition coefficient (Wildman–Crippen LogP) is 4.73. The van der Waals surface area contributed by atoms with Crippen molar-refractivity contribution < 1.29 is 14.1 Å². The summed E-state index contributed by atoms with van der Waals surface area (Å²) in [6.07, 6.45) is 0. The third-order valence-electron chi connectivity index (χ3n) is 3.92. The molecule has 1 amide bonds. The molecule has 0 atom stereocenters. The Balaban J connectivity index is 1.56. The number of methoxy groups -OCH3 is 1. The summed E-state index contributed by atoms with van der Waals surface area (Å²) in [6.45, 7) is 0. The average molecular weight is 377 g/mol. The normalized spacial score (nSPS) is 10.6. The highest BCUT2D eigenvalue weighted by molar-refractivity contribution is 7.14. The summed E-state index contributed by atoms with van der Waals surface area (Å²) in [5.74, 6) is 1.35. The fourth-order valence-electron chi connectivity index (χ4n) is 2.53. The van der Waals surface area contributed by atoms with E-state index in [-0.39, 0.29) is 5.91 Å². The number of benzene rings is 2. The van der Waals surface area contributed by atoms with Gasteiger partial charge in [-0.25, -0.2) is 0 Å². The lowest BCUT2D eigenvalue weighted by atomic mass is 10.2. The maximum Gasteiger partial charge on any atom is 0.270 e. The minimum Gasteiger partial charge on any atom is -0.497 e. The molecule has 0 saturated heterocycles. The Morgan fingerprint density at radius 1 is 1.07 bits per heavy atom. The lowest BCUT2D eigenvalue weighted by Gasteiger charge is -2.05. The van der Waals surface area contributed by atoms with Crippen LogP contribution in [-0.4, -0.2) is 23.2 Å². The van der Waals surface area contributed by atoms with E-state index in [1.165, 1.54) is 11.3 Å². The van der Waals surface area contributed by atoms with Crippen molar-refractivity contribution in [1.29, 1.82) is 0 Å². The largest absolute Gasteiger partial charge is 0.497 e. The van der Waals surface area contributed by atoms with E-state index >= 15 is 0 Å². The number of nitrogens with zero attached hydrogens (tertiary/aromatic N) is 2. The molecule has 0 spiro atoms. The highest BCUT2D eigenvalue weighted by atomic mass is 32.1. The monoisotopic (exact) mass is 377 g/mol. The lowest BCUT2D eigenvalue weighted by molar-refractivity contribution is 0.102. The summed E-state index contributed by atoms with van der Waals surface area (Å²) in [6, 6.07) is 18.3. The van der Waals surface area contributed by atoms with Crippen molar-refractivity contribution in [3.63, 3.8) is 0 Å². The van der Waals surface area contributed by atoms with Gasteiger partial charge in [0.25, 0.3) is 11.8 Å². The van der Waals surface area contributed by atoms with Crippen LogP contribution in [0.25, 0.3) is 22.2 Å². The molecule has 7 heteroatoms. The molecule has 134 valence electrons. The van der Waals surface area contributed by atoms with E-state index in [9.17, 15) is 4.79 Å². The second kappa shape index (κ2) is 7.43. The minimum absolute atomic E-state index is 0.222. The van der Waals surface area contributed by atoms with Crippen LogP contribution in [0.5, 0.6) is 5.75 Å². The third-order valence-corrected chi connectivity index (χ3v) is 4.82. The van der Waals surface area contributed by atoms with Gasteiger partial charge in [-0.1, -0.05) is 35.5 Å². The van der Waals surface area contributed by atoms with Crippen molar-refractivity contribution >= 4 is 22.9 Å². The van der Waals surface area contributed by atoms with E-state index in [0.717, 1.165) is 5.56 Å². The fraction of sp³-hybridized carbons (Fsp3) is 0.0500. The number of nitrogens with one attached hydrogen (secondary N) is 1. The summed E-state index contributed by atoms with van der Waals surface area (Å²) in [5.41, 5.74) is 2.03. The van der Waals surface area contributed by atoms with Gasteiger partial charge in [0, 0.05) is 11.1 Å². The summed E-state index contributed by atoms with van der Waals surface area (Å²) in [7, 11) is 1.58. The van der Waals surface area contributed by atoms with Crippen molar-refractivity contribution in [2.45, 2.75) is 0 Å². The van der Waals surface area contributed by atoms with Gasteiger partial charge in [0.05, 0.1) is 12.8 Å². The van der Waals surface area contributed by atoms with Gasteiger partial charge >= 0.3 is 0 Å². The van der Waals surface area contributed by atoms with Crippen molar-refractivity contribution in [2.75, 3.05) is 12.4 Å². The molecule has 27 heavy (non-hydrogen) atoms. The molecule has 0 fully saturated rings. The maximum absolute atomic E-state index is 12.5. The van der Waals surface area contributed by atoms with Gasteiger partial charge in [-0.15, -0.1) is 11.3 Å². The van der Waals surface area contributed by atoms with Gasteiger partial charge < -0.3 is 14.6 Å². The zero-order valence-electron chi connectivity index (χ0n) is 14.4. The Morgan fingerprint density at radius 2 is 1.85 bits per heavy atom. The molecule has 2 aromatic heterocycles. The third kappa shape index (κ3) is 3.58. The van der Waals surface area contributed by atoms with Crippen molar-refractivity contribution in [1.82, 2.24) is 10.1 Å². The van der Waals surface area contributed by atoms with Crippen molar-refractivity contribution in [2.24, 2.45) is 0 Å². The first-order valence-corrected chi connectivity index (χ1v) is 9.05. The summed E-state index contributed by atoms with van der Waals surface area (Å²) in [5, 5.41) is 8.80. The Bertz CT molecular complexity index is 1060. The number of anilines is 1. The minimum atomic E-state index is -0.222. The zero-order valence-corrected chi connectivity index (χ0v) is 15.2. The van der Waals surface area contributed by atoms with E-state index in [0.29, 0.717) is 33.6 Å². The van der Waals surface area contributed by atoms with E-state index < -0.39 is 0 Å². The van der Waals surface area contributed by atoms with Crippen LogP contribution in [0.4, 0.5) is 5.69 Å². The van der Waals surface area contributed by atoms with Gasteiger partial charge in [-0.2, -0.15) is 4.98 Å². The molecule has 0 radical (unpaired) electrons. The van der Waals surface area contributed by atoms with Crippen molar-refractivity contribution in [3.05, 3.63) is 71.6 Å². The summed E-state index contributed by atoms with van der Waals surface area (Å²) >= 11 is 1.42. The average Bonchev–Trinajstić information content (AvgIpc) is 3.38. The van der Waals surface area contributed by atoms with Gasteiger partial charge in [0.2, 0.25) is 5.82 Å². The van der Waals surface area contributed by atoms with Crippen LogP contribution in [-0.2, 0) is 0 Å². The van der Waals surface area contributed by atoms with Gasteiger partial charge in [-0.3, -0.25) is 4.79 Å². The predicted molar refractivity (Wildman–Crippen MR) is 104 cm³/mol. The van der Waals surface area contributed by atoms with Crippen LogP contribution < -0.4 is 10.1 Å². The molecule has 4 aromatic rings. The fourth-order valence-corrected chi connectivity index (χ4v) is 3.30. The number of amides is 1. The van der Waals surface area contributed by atoms with E-state index in [1.807, 2.05) is 41.8 Å². The second-order valence-electron chi connectivity index (χ2n) is 5.64. The van der Waals surface area contributed by atoms with Crippen molar-refractivity contribution in [3.8, 4) is 27.9 Å². The molecule has 0 bridgehead atoms. The topological polar surface area (TPSA) is 77.2 Å². The first-order valence-electron chi connectivity index (χ1n) is 8.17. The number of aromatic nitrogens is 2. The molecule has 1 N–H and O–H groups in total. The number of thiophene rings is 1. The number of hydrogen-bond donors (Lipinski definition) is 1. The van der Waals surface area contributed by atoms with Crippen LogP contribution in [0.2, 0.25) is 0 Å². The number of hydrogen-bond acceptors (Lipinski definition) is 6. The number of ether oxygens (including phenoxy) is 1. The lowest BCUT2D eigenvalue weighted by Crippen LogP contribution is -2.11. The van der Waals surface area contributed by atoms with Crippen LogP contribution >= 0.6 is 11.3 Å². The molecule has 0 aliphatic rings. The molecule has 0 unspecified atom stereocenters. The van der Waals surface area contributed by atoms with Crippen LogP contribution in [0.3, 0.4) is 0 Å². The summed E-state index contributed by atoms with van der Waals surface area (Å²) in [4.78, 5) is 17.7. The highest BCUT2D eigenvalue weighted by Gasteiger charge is 2.17. The molecule has 6 nitrogen and oxygen atoms in total. The van der Waals surface area contributed by atoms with Gasteiger partial charge in [0.1, 0.15) is 10.6 Å². The molecular weight excluding hydrogens is 362 g/mol. The standard InChI is InChI=1S/C20H15N3O3S/c1-25-15-9-7-14(8-10-15)19(24)21-16-11-12-27-17(16)20-22-18(23-26-20)13-5-3-2-4-6-13/h2-12H,1H3,(H,21,24). The molecule has 4 rings (SSSR count). The molecule has 0 saturated carbocycles. The SMILES string of the molecule is COc1ccc(C(=O)Nc2ccsc2-c2nc(-c3ccccc3)no2)cc1. The van der Waals surface area contributed by atoms with E-state index in [4.69, 9.17) is 9.26 Å². The van der Waals surface area contributed by atoms with Crippen LogP contribution in [0, 0.1) is 0 Å². The maximum atomic E-state index is 12.5. The Kier molecular flexibility index (Phi) is 4.67. The van der Waals surface area contributed by atoms with Crippen LogP contribution in [0.15, 0.2) is 70.6 Å². The van der Waals surface area contributed by atoms with Crippen LogP contribution in [0.1, 0.15) is 10.4 Å². The van der Waals surface area contributed by atoms with E-state index in [1.54, 1.807) is 31.4 Å². The first kappa shape index (κ1) is 17.0. The quantitative estimate of drug-likeness (QED) is 0.544. The highest BCUT2D eigenvalue weighted by Crippen LogP contribution is 2.34. The number of carbonyl (C=O) groups excluding carboxylic acids is 1. The Hall–Kier alpha value is -3.45. The van der Waals surface area contributed by atoms with Gasteiger partial charge in [-0.05, 0) is 35.7 Å². The Morgan fingerprint density at radius 3 is 2.59 bits per heavy atom. The van der Waals surface area contributed by atoms with Gasteiger partial charge in [0.15, 0.2) is 0 Å². The second-order valence-corrected chi connectivity index (χ2v) is 6.55.